The third-order valence-corrected chi connectivity index (χ3v) is 4.22. The van der Waals surface area contributed by atoms with Crippen LogP contribution in [0.3, 0.4) is 0 Å². The molecule has 0 fully saturated rings. The Hall–Kier alpha value is -1.33. The van der Waals surface area contributed by atoms with Crippen molar-refractivity contribution in [2.45, 2.75) is 13.8 Å². The number of halogens is 1. The first-order valence-corrected chi connectivity index (χ1v) is 6.58. The molecule has 6 heteroatoms. The number of Topliss-reactive ketones (excluding diaryl/α,β-unsaturated/α-hetero) is 1. The second kappa shape index (κ2) is 6.21. The van der Waals surface area contributed by atoms with Crippen LogP contribution in [0.5, 0.6) is 11.5 Å². The van der Waals surface area contributed by atoms with Crippen molar-refractivity contribution in [2.75, 3.05) is 12.4 Å². The molecule has 1 aliphatic heterocycles. The topological polar surface area (TPSA) is 60.8 Å². The molecule has 0 radical (unpaired) electrons. The van der Waals surface area contributed by atoms with Crippen LogP contribution >= 0.6 is 24.2 Å². The van der Waals surface area contributed by atoms with Crippen molar-refractivity contribution in [3.05, 3.63) is 34.4 Å². The van der Waals surface area contributed by atoms with Gasteiger partial charge in [-0.25, -0.2) is 0 Å². The zero-order valence-corrected chi connectivity index (χ0v) is 12.3. The number of ketones is 1. The van der Waals surface area contributed by atoms with Crippen molar-refractivity contribution < 1.29 is 15.0 Å². The monoisotopic (exact) mass is 301 g/mol. The van der Waals surface area contributed by atoms with Crippen LogP contribution in [-0.4, -0.2) is 33.3 Å². The minimum Gasteiger partial charge on any atom is -0.504 e. The molecular weight excluding hydrogens is 286 g/mol. The van der Waals surface area contributed by atoms with E-state index in [1.807, 2.05) is 18.7 Å². The summed E-state index contributed by atoms with van der Waals surface area (Å²) in [5.41, 5.74) is 1.53. The average Bonchev–Trinajstić information content (AvgIpc) is 2.64. The number of phenolic OH excluding ortho intramolecular Hbond substituents is 2. The number of hydrogen-bond acceptors (Lipinski definition) is 5. The Balaban J connectivity index is 0.00000180. The maximum Gasteiger partial charge on any atom is 0.182 e. The Morgan fingerprint density at radius 1 is 1.32 bits per heavy atom. The molecule has 4 nitrogen and oxygen atoms in total. The van der Waals surface area contributed by atoms with Gasteiger partial charge in [0.1, 0.15) is 0 Å². The summed E-state index contributed by atoms with van der Waals surface area (Å²) in [4.78, 5) is 15.3. The first-order chi connectivity index (χ1) is 8.49. The van der Waals surface area contributed by atoms with Gasteiger partial charge < -0.3 is 15.1 Å². The molecule has 0 aromatic heterocycles. The molecule has 0 aliphatic carbocycles. The van der Waals surface area contributed by atoms with E-state index in [0.29, 0.717) is 12.1 Å². The molecule has 0 saturated heterocycles. The number of benzene rings is 1. The summed E-state index contributed by atoms with van der Waals surface area (Å²) < 4.78 is 0. The quantitative estimate of drug-likeness (QED) is 0.664. The number of allylic oxidation sites excluding steroid dienone is 2. The number of carbonyl (C=O) groups is 1. The van der Waals surface area contributed by atoms with E-state index in [0.717, 1.165) is 11.6 Å². The van der Waals surface area contributed by atoms with Gasteiger partial charge in [-0.05, 0) is 32.0 Å². The third-order valence-electron chi connectivity index (χ3n) is 3.05. The highest BCUT2D eigenvalue weighted by Crippen LogP contribution is 2.31. The van der Waals surface area contributed by atoms with Gasteiger partial charge in [-0.3, -0.25) is 4.79 Å². The molecule has 1 aromatic carbocycles. The lowest BCUT2D eigenvalue weighted by Crippen LogP contribution is -2.25. The molecule has 2 N–H and O–H groups in total. The molecule has 0 unspecified atom stereocenters. The molecule has 0 amide bonds. The highest BCUT2D eigenvalue weighted by atomic mass is 35.5. The highest BCUT2D eigenvalue weighted by Gasteiger charge is 2.20. The third kappa shape index (κ3) is 3.36. The van der Waals surface area contributed by atoms with Gasteiger partial charge in [-0.15, -0.1) is 24.2 Å². The average molecular weight is 302 g/mol. The summed E-state index contributed by atoms with van der Waals surface area (Å²) in [5, 5.41) is 18.6. The number of aromatic hydroxyl groups is 2. The Morgan fingerprint density at radius 3 is 2.53 bits per heavy atom. The van der Waals surface area contributed by atoms with E-state index in [1.54, 1.807) is 11.8 Å². The fourth-order valence-corrected chi connectivity index (χ4v) is 2.70. The van der Waals surface area contributed by atoms with Gasteiger partial charge >= 0.3 is 0 Å². The highest BCUT2D eigenvalue weighted by molar-refractivity contribution is 8.03. The van der Waals surface area contributed by atoms with Gasteiger partial charge in [0.2, 0.25) is 0 Å². The van der Waals surface area contributed by atoms with Gasteiger partial charge in [0.05, 0.1) is 12.4 Å². The second-order valence-corrected chi connectivity index (χ2v) is 5.40. The molecule has 1 aromatic rings. The fourth-order valence-electron chi connectivity index (χ4n) is 1.72. The van der Waals surface area contributed by atoms with E-state index in [1.165, 1.54) is 23.1 Å². The van der Waals surface area contributed by atoms with E-state index in [2.05, 4.69) is 0 Å². The first kappa shape index (κ1) is 15.7. The number of hydrogen-bond donors (Lipinski definition) is 2. The van der Waals surface area contributed by atoms with E-state index < -0.39 is 0 Å². The maximum atomic E-state index is 12.1. The minimum absolute atomic E-state index is 0. The molecular formula is C13H16ClNO3S. The molecule has 1 heterocycles. The van der Waals surface area contributed by atoms with Crippen molar-refractivity contribution in [2.24, 2.45) is 0 Å². The van der Waals surface area contributed by atoms with Crippen LogP contribution in [0.2, 0.25) is 0 Å². The minimum atomic E-state index is -0.264. The van der Waals surface area contributed by atoms with Crippen LogP contribution in [0.1, 0.15) is 24.2 Å². The zero-order chi connectivity index (χ0) is 13.3. The van der Waals surface area contributed by atoms with Crippen molar-refractivity contribution in [3.63, 3.8) is 0 Å². The second-order valence-electron chi connectivity index (χ2n) is 4.24. The van der Waals surface area contributed by atoms with Gasteiger partial charge in [0, 0.05) is 16.2 Å². The van der Waals surface area contributed by atoms with E-state index >= 15 is 0 Å². The van der Waals surface area contributed by atoms with Gasteiger partial charge in [0.15, 0.2) is 17.3 Å². The Kier molecular flexibility index (Phi) is 5.14. The van der Waals surface area contributed by atoms with E-state index in [9.17, 15) is 15.0 Å². The Morgan fingerprint density at radius 2 is 2.00 bits per heavy atom. The lowest BCUT2D eigenvalue weighted by atomic mass is 10.1. The molecule has 0 saturated carbocycles. The number of thioether (sulfide) groups is 1. The maximum absolute atomic E-state index is 12.1. The van der Waals surface area contributed by atoms with Crippen molar-refractivity contribution >= 4 is 30.0 Å². The smallest absolute Gasteiger partial charge is 0.182 e. The number of phenols is 2. The van der Waals surface area contributed by atoms with Gasteiger partial charge in [0.25, 0.3) is 0 Å². The normalized spacial score (nSPS) is 14.5. The zero-order valence-electron chi connectivity index (χ0n) is 10.7. The largest absolute Gasteiger partial charge is 0.504 e. The molecule has 1 aliphatic rings. The van der Waals surface area contributed by atoms with E-state index in [-0.39, 0.29) is 29.7 Å². The number of nitrogens with zero attached hydrogens (tertiary/aromatic N) is 1. The van der Waals surface area contributed by atoms with Crippen molar-refractivity contribution in [3.8, 4) is 11.5 Å². The molecule has 2 rings (SSSR count). The first-order valence-electron chi connectivity index (χ1n) is 5.59. The van der Waals surface area contributed by atoms with Crippen molar-refractivity contribution in [1.29, 1.82) is 0 Å². The summed E-state index contributed by atoms with van der Waals surface area (Å²) in [7, 11) is 0. The van der Waals surface area contributed by atoms with E-state index in [4.69, 9.17) is 0 Å². The SMILES string of the molecule is CC1=C(C)N(CC(=O)c2ccc(O)c(O)c2)CS1.Cl. The summed E-state index contributed by atoms with van der Waals surface area (Å²) in [6.45, 7) is 4.33. The molecule has 104 valence electrons. The van der Waals surface area contributed by atoms with Crippen LogP contribution in [0.15, 0.2) is 28.8 Å². The standard InChI is InChI=1S/C13H15NO3S.ClH/c1-8-9(2)18-7-14(8)6-13(17)10-3-4-11(15)12(16)5-10;/h3-5,15-16H,6-7H2,1-2H3;1H. The Bertz CT molecular complexity index is 531. The van der Waals surface area contributed by atoms with Crippen LogP contribution in [-0.2, 0) is 0 Å². The van der Waals surface area contributed by atoms with Crippen LogP contribution in [0.25, 0.3) is 0 Å². The van der Waals surface area contributed by atoms with Crippen LogP contribution < -0.4 is 0 Å². The molecule has 0 bridgehead atoms. The predicted molar refractivity (Wildman–Crippen MR) is 78.9 cm³/mol. The number of carbonyl (C=O) groups excluding carboxylic acids is 1. The van der Waals surface area contributed by atoms with Gasteiger partial charge in [-0.1, -0.05) is 0 Å². The van der Waals surface area contributed by atoms with Crippen LogP contribution in [0.4, 0.5) is 0 Å². The molecule has 19 heavy (non-hydrogen) atoms. The van der Waals surface area contributed by atoms with Gasteiger partial charge in [-0.2, -0.15) is 0 Å². The summed E-state index contributed by atoms with van der Waals surface area (Å²) in [6, 6.07) is 4.15. The summed E-state index contributed by atoms with van der Waals surface area (Å²) in [5.74, 6) is 0.239. The summed E-state index contributed by atoms with van der Waals surface area (Å²) in [6.07, 6.45) is 0. The molecule has 0 atom stereocenters. The van der Waals surface area contributed by atoms with Crippen molar-refractivity contribution in [1.82, 2.24) is 4.90 Å². The fraction of sp³-hybridized carbons (Fsp3) is 0.308. The lowest BCUT2D eigenvalue weighted by Gasteiger charge is -2.18. The van der Waals surface area contributed by atoms with Crippen LogP contribution in [0, 0.1) is 0 Å². The summed E-state index contributed by atoms with van der Waals surface area (Å²) >= 11 is 1.72. The predicted octanol–water partition coefficient (Wildman–Crippen LogP) is 2.96. The number of rotatable bonds is 3. The Labute approximate surface area is 122 Å². The lowest BCUT2D eigenvalue weighted by molar-refractivity contribution is 0.0958. The molecule has 0 spiro atoms.